The summed E-state index contributed by atoms with van der Waals surface area (Å²) >= 11 is 1.29. The van der Waals surface area contributed by atoms with E-state index in [1.54, 1.807) is 56.0 Å². The number of anilines is 1. The number of carbonyl (C=O) groups excluding carboxylic acids is 2. The Balaban J connectivity index is 1.57. The summed E-state index contributed by atoms with van der Waals surface area (Å²) in [4.78, 5) is 38.7. The maximum Gasteiger partial charge on any atom is 0.412 e. The lowest BCUT2D eigenvalue weighted by Crippen LogP contribution is -2.36. The van der Waals surface area contributed by atoms with E-state index in [-0.39, 0.29) is 12.3 Å². The molecule has 0 spiro atoms. The molecule has 3 rings (SSSR count). The fourth-order valence-electron chi connectivity index (χ4n) is 3.07. The van der Waals surface area contributed by atoms with Crippen molar-refractivity contribution in [3.8, 4) is 0 Å². The summed E-state index contributed by atoms with van der Waals surface area (Å²) in [5.74, 6) is -0.936. The molecule has 0 aliphatic carbocycles. The van der Waals surface area contributed by atoms with Gasteiger partial charge in [0.1, 0.15) is 10.5 Å². The fourth-order valence-corrected chi connectivity index (χ4v) is 4.07. The van der Waals surface area contributed by atoms with Gasteiger partial charge in [0, 0.05) is 23.7 Å². The second-order valence-corrected chi connectivity index (χ2v) is 9.07. The van der Waals surface area contributed by atoms with Gasteiger partial charge in [-0.2, -0.15) is 0 Å². The zero-order chi connectivity index (χ0) is 21.2. The number of benzene rings is 1. The highest BCUT2D eigenvalue weighted by Gasteiger charge is 2.24. The lowest BCUT2D eigenvalue weighted by atomic mass is 10.1. The van der Waals surface area contributed by atoms with Gasteiger partial charge in [0.15, 0.2) is 0 Å². The quantitative estimate of drug-likeness (QED) is 0.788. The van der Waals surface area contributed by atoms with Crippen molar-refractivity contribution in [1.82, 2.24) is 4.90 Å². The molecule has 0 radical (unpaired) electrons. The topological polar surface area (TPSA) is 95.9 Å². The SMILES string of the molecule is CC(C)(C)OC(=O)Nc1ccc(CC(=O)N2CCc3sc(C(=O)O)cc3C2)cc1. The summed E-state index contributed by atoms with van der Waals surface area (Å²) in [6.45, 7) is 6.41. The number of nitrogens with one attached hydrogen (secondary N) is 1. The average molecular weight is 416 g/mol. The number of hydrogen-bond acceptors (Lipinski definition) is 5. The Hall–Kier alpha value is -2.87. The summed E-state index contributed by atoms with van der Waals surface area (Å²) in [6.07, 6.45) is 0.400. The van der Waals surface area contributed by atoms with Crippen LogP contribution in [0.1, 0.15) is 46.4 Å². The van der Waals surface area contributed by atoms with Crippen LogP contribution in [0.25, 0.3) is 0 Å². The van der Waals surface area contributed by atoms with Crippen LogP contribution in [0.4, 0.5) is 10.5 Å². The number of hydrogen-bond donors (Lipinski definition) is 2. The molecule has 7 nitrogen and oxygen atoms in total. The molecule has 1 aromatic carbocycles. The molecule has 154 valence electrons. The molecule has 1 aliphatic heterocycles. The van der Waals surface area contributed by atoms with Crippen molar-refractivity contribution < 1.29 is 24.2 Å². The monoisotopic (exact) mass is 416 g/mol. The van der Waals surface area contributed by atoms with E-state index in [9.17, 15) is 14.4 Å². The normalized spacial score (nSPS) is 13.6. The number of nitrogens with zero attached hydrogens (tertiary/aromatic N) is 1. The highest BCUT2D eigenvalue weighted by Crippen LogP contribution is 2.28. The van der Waals surface area contributed by atoms with E-state index >= 15 is 0 Å². The van der Waals surface area contributed by atoms with Gasteiger partial charge in [-0.25, -0.2) is 9.59 Å². The Morgan fingerprint density at radius 3 is 2.52 bits per heavy atom. The number of carbonyl (C=O) groups is 3. The third kappa shape index (κ3) is 5.57. The zero-order valence-electron chi connectivity index (χ0n) is 16.7. The van der Waals surface area contributed by atoms with Crippen molar-refractivity contribution >= 4 is 35.0 Å². The number of carboxylic acid groups (broad SMARTS) is 1. The Morgan fingerprint density at radius 2 is 1.90 bits per heavy atom. The molecular formula is C21H24N2O5S. The molecule has 2 aromatic rings. The fraction of sp³-hybridized carbons (Fsp3) is 0.381. The van der Waals surface area contributed by atoms with Gasteiger partial charge in [0.25, 0.3) is 0 Å². The molecule has 0 saturated carbocycles. The Kier molecular flexibility index (Phi) is 5.93. The largest absolute Gasteiger partial charge is 0.477 e. The number of fused-ring (bicyclic) bond motifs is 1. The van der Waals surface area contributed by atoms with Gasteiger partial charge in [-0.1, -0.05) is 12.1 Å². The van der Waals surface area contributed by atoms with Crippen LogP contribution in [0.2, 0.25) is 0 Å². The number of rotatable bonds is 4. The van der Waals surface area contributed by atoms with Gasteiger partial charge >= 0.3 is 12.1 Å². The summed E-state index contributed by atoms with van der Waals surface area (Å²) in [6, 6.07) is 8.73. The lowest BCUT2D eigenvalue weighted by molar-refractivity contribution is -0.131. The van der Waals surface area contributed by atoms with Gasteiger partial charge in [-0.05, 0) is 56.5 Å². The van der Waals surface area contributed by atoms with E-state index in [1.807, 2.05) is 0 Å². The maximum atomic E-state index is 12.7. The molecule has 0 fully saturated rings. The molecule has 0 atom stereocenters. The van der Waals surface area contributed by atoms with Crippen LogP contribution < -0.4 is 5.32 Å². The van der Waals surface area contributed by atoms with Gasteiger partial charge < -0.3 is 14.7 Å². The van der Waals surface area contributed by atoms with Crippen molar-refractivity contribution in [1.29, 1.82) is 0 Å². The third-order valence-corrected chi connectivity index (χ3v) is 5.61. The van der Waals surface area contributed by atoms with E-state index in [2.05, 4.69) is 5.32 Å². The van der Waals surface area contributed by atoms with Gasteiger partial charge in [-0.3, -0.25) is 10.1 Å². The Morgan fingerprint density at radius 1 is 1.21 bits per heavy atom. The third-order valence-electron chi connectivity index (χ3n) is 4.38. The van der Waals surface area contributed by atoms with Gasteiger partial charge in [0.05, 0.1) is 6.42 Å². The molecule has 2 amide bonds. The van der Waals surface area contributed by atoms with Gasteiger partial charge in [0.2, 0.25) is 5.91 Å². The van der Waals surface area contributed by atoms with Crippen LogP contribution >= 0.6 is 11.3 Å². The van der Waals surface area contributed by atoms with Crippen LogP contribution in [0.3, 0.4) is 0 Å². The second-order valence-electron chi connectivity index (χ2n) is 7.93. The summed E-state index contributed by atoms with van der Waals surface area (Å²) in [5.41, 5.74) is 1.78. The molecule has 0 unspecified atom stereocenters. The van der Waals surface area contributed by atoms with Crippen molar-refractivity contribution in [2.45, 2.75) is 45.8 Å². The number of thiophene rings is 1. The van der Waals surface area contributed by atoms with Crippen LogP contribution in [-0.2, 0) is 28.9 Å². The first-order valence-corrected chi connectivity index (χ1v) is 10.1. The molecule has 8 heteroatoms. The summed E-state index contributed by atoms with van der Waals surface area (Å²) in [5, 5.41) is 11.8. The molecular weight excluding hydrogens is 392 g/mol. The van der Waals surface area contributed by atoms with E-state index in [1.165, 1.54) is 11.3 Å². The van der Waals surface area contributed by atoms with Gasteiger partial charge in [-0.15, -0.1) is 11.3 Å². The standard InChI is InChI=1S/C21H24N2O5S/c1-21(2,3)28-20(27)22-15-6-4-13(5-7-15)10-18(24)23-9-8-16-14(12-23)11-17(29-16)19(25)26/h4-7,11H,8-10,12H2,1-3H3,(H,22,27)(H,25,26). The van der Waals surface area contributed by atoms with E-state index in [4.69, 9.17) is 9.84 Å². The minimum absolute atomic E-state index is 0.00780. The van der Waals surface area contributed by atoms with Crippen molar-refractivity contribution in [2.24, 2.45) is 0 Å². The Labute approximate surface area is 173 Å². The van der Waals surface area contributed by atoms with Crippen LogP contribution in [0.5, 0.6) is 0 Å². The minimum Gasteiger partial charge on any atom is -0.477 e. The molecule has 29 heavy (non-hydrogen) atoms. The Bertz CT molecular complexity index is 928. The summed E-state index contributed by atoms with van der Waals surface area (Å²) < 4.78 is 5.21. The minimum atomic E-state index is -0.928. The molecule has 0 saturated heterocycles. The highest BCUT2D eigenvalue weighted by molar-refractivity contribution is 7.14. The first-order valence-electron chi connectivity index (χ1n) is 9.32. The van der Waals surface area contributed by atoms with Crippen LogP contribution in [-0.4, -0.2) is 40.1 Å². The predicted octanol–water partition coefficient (Wildman–Crippen LogP) is 3.92. The number of carboxylic acids is 1. The van der Waals surface area contributed by atoms with E-state index in [0.717, 1.165) is 16.0 Å². The van der Waals surface area contributed by atoms with Crippen molar-refractivity contribution in [3.05, 3.63) is 51.2 Å². The first kappa shape index (κ1) is 20.9. The van der Waals surface area contributed by atoms with E-state index in [0.29, 0.717) is 30.1 Å². The highest BCUT2D eigenvalue weighted by atomic mass is 32.1. The number of ether oxygens (including phenoxy) is 1. The predicted molar refractivity (Wildman–Crippen MR) is 110 cm³/mol. The zero-order valence-corrected chi connectivity index (χ0v) is 17.5. The van der Waals surface area contributed by atoms with Crippen molar-refractivity contribution in [3.63, 3.8) is 0 Å². The van der Waals surface area contributed by atoms with Crippen LogP contribution in [0, 0.1) is 0 Å². The molecule has 1 aliphatic rings. The molecule has 2 N–H and O–H groups in total. The van der Waals surface area contributed by atoms with E-state index < -0.39 is 17.7 Å². The molecule has 2 heterocycles. The number of amides is 2. The maximum absolute atomic E-state index is 12.7. The first-order chi connectivity index (χ1) is 13.6. The number of aromatic carboxylic acids is 1. The summed E-state index contributed by atoms with van der Waals surface area (Å²) in [7, 11) is 0. The average Bonchev–Trinajstić information content (AvgIpc) is 3.05. The second kappa shape index (κ2) is 8.24. The van der Waals surface area contributed by atoms with Crippen molar-refractivity contribution in [2.75, 3.05) is 11.9 Å². The lowest BCUT2D eigenvalue weighted by Gasteiger charge is -2.27. The smallest absolute Gasteiger partial charge is 0.412 e. The molecule has 0 bridgehead atoms. The van der Waals surface area contributed by atoms with Crippen LogP contribution in [0.15, 0.2) is 30.3 Å². The molecule has 1 aromatic heterocycles.